The van der Waals surface area contributed by atoms with E-state index in [-0.39, 0.29) is 17.6 Å². The van der Waals surface area contributed by atoms with Crippen LogP contribution in [-0.4, -0.2) is 18.0 Å². The van der Waals surface area contributed by atoms with Gasteiger partial charge in [-0.3, -0.25) is 4.79 Å². The van der Waals surface area contributed by atoms with Gasteiger partial charge in [-0.05, 0) is 37.5 Å². The van der Waals surface area contributed by atoms with Gasteiger partial charge >= 0.3 is 0 Å². The molecule has 0 radical (unpaired) electrons. The smallest absolute Gasteiger partial charge is 0.290 e. The summed E-state index contributed by atoms with van der Waals surface area (Å²) < 4.78 is 11.0. The van der Waals surface area contributed by atoms with Crippen molar-refractivity contribution in [2.75, 3.05) is 6.54 Å². The van der Waals surface area contributed by atoms with Crippen molar-refractivity contribution in [1.82, 2.24) is 5.32 Å². The number of nitrogens with two attached hydrogens (primary N) is 1. The van der Waals surface area contributed by atoms with Gasteiger partial charge in [-0.25, -0.2) is 0 Å². The van der Waals surface area contributed by atoms with E-state index >= 15 is 0 Å². The number of hydrogen-bond donors (Lipinski definition) is 2. The molecule has 0 bridgehead atoms. The maximum atomic E-state index is 12.4. The minimum atomic E-state index is -0.460. The number of rotatable bonds is 7. The fraction of sp³-hybridized carbons (Fsp3) is 0.389. The summed E-state index contributed by atoms with van der Waals surface area (Å²) in [6.45, 7) is 6.50. The standard InChI is InChI=1S/C18H24N2O3/c1-13(2)11-18(3,12-19)20-17(21)15-9-10-16(23-15)22-14-7-5-4-6-8-14/h4-10,13H,11-12,19H2,1-3H3,(H,20,21). The van der Waals surface area contributed by atoms with Gasteiger partial charge in [0.15, 0.2) is 5.76 Å². The number of ether oxygens (including phenoxy) is 1. The van der Waals surface area contributed by atoms with Crippen LogP contribution in [0.5, 0.6) is 11.7 Å². The number of carbonyl (C=O) groups is 1. The zero-order chi connectivity index (χ0) is 16.9. The van der Waals surface area contributed by atoms with Gasteiger partial charge in [0.1, 0.15) is 5.75 Å². The molecule has 0 saturated carbocycles. The maximum Gasteiger partial charge on any atom is 0.290 e. The summed E-state index contributed by atoms with van der Waals surface area (Å²) in [6.07, 6.45) is 0.795. The number of hydrogen-bond acceptors (Lipinski definition) is 4. The molecule has 5 nitrogen and oxygen atoms in total. The Kier molecular flexibility index (Phi) is 5.45. The van der Waals surface area contributed by atoms with Crippen LogP contribution >= 0.6 is 0 Å². The summed E-state index contributed by atoms with van der Waals surface area (Å²) in [6, 6.07) is 12.5. The minimum Gasteiger partial charge on any atom is -0.426 e. The Morgan fingerprint density at radius 3 is 2.57 bits per heavy atom. The van der Waals surface area contributed by atoms with Crippen LogP contribution < -0.4 is 15.8 Å². The van der Waals surface area contributed by atoms with Gasteiger partial charge in [0.25, 0.3) is 11.9 Å². The first-order valence-corrected chi connectivity index (χ1v) is 7.77. The number of nitrogens with one attached hydrogen (secondary N) is 1. The molecule has 2 rings (SSSR count). The van der Waals surface area contributed by atoms with E-state index in [9.17, 15) is 4.79 Å². The Morgan fingerprint density at radius 1 is 1.26 bits per heavy atom. The Bertz CT molecular complexity index is 637. The van der Waals surface area contributed by atoms with Crippen LogP contribution in [0.1, 0.15) is 37.7 Å². The second-order valence-corrected chi connectivity index (χ2v) is 6.35. The third kappa shape index (κ3) is 4.86. The highest BCUT2D eigenvalue weighted by Crippen LogP contribution is 2.24. The lowest BCUT2D eigenvalue weighted by Gasteiger charge is -2.30. The SMILES string of the molecule is CC(C)CC(C)(CN)NC(=O)c1ccc(Oc2ccccc2)o1. The van der Waals surface area contributed by atoms with Crippen molar-refractivity contribution in [3.63, 3.8) is 0 Å². The van der Waals surface area contributed by atoms with Crippen molar-refractivity contribution in [2.24, 2.45) is 11.7 Å². The second kappa shape index (κ2) is 7.33. The first kappa shape index (κ1) is 17.1. The summed E-state index contributed by atoms with van der Waals surface area (Å²) in [4.78, 5) is 12.4. The maximum absolute atomic E-state index is 12.4. The summed E-state index contributed by atoms with van der Waals surface area (Å²) >= 11 is 0. The molecular weight excluding hydrogens is 292 g/mol. The van der Waals surface area contributed by atoms with E-state index in [1.54, 1.807) is 12.1 Å². The lowest BCUT2D eigenvalue weighted by Crippen LogP contribution is -2.52. The zero-order valence-electron chi connectivity index (χ0n) is 13.8. The van der Waals surface area contributed by atoms with E-state index in [0.717, 1.165) is 6.42 Å². The Labute approximate surface area is 136 Å². The van der Waals surface area contributed by atoms with Gasteiger partial charge in [0.05, 0.1) is 5.54 Å². The Hall–Kier alpha value is -2.27. The molecule has 0 saturated heterocycles. The Morgan fingerprint density at radius 2 is 1.96 bits per heavy atom. The molecule has 23 heavy (non-hydrogen) atoms. The topological polar surface area (TPSA) is 77.5 Å². The van der Waals surface area contributed by atoms with Crippen LogP contribution in [0.25, 0.3) is 0 Å². The molecule has 3 N–H and O–H groups in total. The molecule has 1 aromatic carbocycles. The molecule has 2 aromatic rings. The van der Waals surface area contributed by atoms with Crippen molar-refractivity contribution >= 4 is 5.91 Å². The summed E-state index contributed by atoms with van der Waals surface area (Å²) in [5.74, 6) is 1.28. The van der Waals surface area contributed by atoms with Gasteiger partial charge in [0, 0.05) is 12.6 Å². The van der Waals surface area contributed by atoms with Gasteiger partial charge in [-0.1, -0.05) is 32.0 Å². The van der Waals surface area contributed by atoms with Crippen LogP contribution in [0.3, 0.4) is 0 Å². The lowest BCUT2D eigenvalue weighted by molar-refractivity contribution is 0.0864. The fourth-order valence-corrected chi connectivity index (χ4v) is 2.52. The molecule has 0 fully saturated rings. The molecular formula is C18H24N2O3. The monoisotopic (exact) mass is 316 g/mol. The van der Waals surface area contributed by atoms with Crippen LogP contribution in [-0.2, 0) is 0 Å². The quantitative estimate of drug-likeness (QED) is 0.818. The average Bonchev–Trinajstić information content (AvgIpc) is 2.96. The van der Waals surface area contributed by atoms with Gasteiger partial charge < -0.3 is 20.2 Å². The van der Waals surface area contributed by atoms with E-state index in [2.05, 4.69) is 19.2 Å². The van der Waals surface area contributed by atoms with Crippen LogP contribution in [0.2, 0.25) is 0 Å². The molecule has 5 heteroatoms. The first-order valence-electron chi connectivity index (χ1n) is 7.77. The highest BCUT2D eigenvalue weighted by atomic mass is 16.6. The van der Waals surface area contributed by atoms with Crippen molar-refractivity contribution in [2.45, 2.75) is 32.7 Å². The normalized spacial score (nSPS) is 13.6. The molecule has 1 heterocycles. The van der Waals surface area contributed by atoms with Crippen molar-refractivity contribution in [3.8, 4) is 11.7 Å². The van der Waals surface area contributed by atoms with Crippen LogP contribution in [0, 0.1) is 5.92 Å². The fourth-order valence-electron chi connectivity index (χ4n) is 2.52. The number of benzene rings is 1. The van der Waals surface area contributed by atoms with Crippen LogP contribution in [0.4, 0.5) is 0 Å². The van der Waals surface area contributed by atoms with Gasteiger partial charge in [0.2, 0.25) is 0 Å². The highest BCUT2D eigenvalue weighted by Gasteiger charge is 2.27. The zero-order valence-corrected chi connectivity index (χ0v) is 13.8. The number of carbonyl (C=O) groups excluding carboxylic acids is 1. The predicted molar refractivity (Wildman–Crippen MR) is 89.6 cm³/mol. The average molecular weight is 316 g/mol. The van der Waals surface area contributed by atoms with Crippen molar-refractivity contribution in [1.29, 1.82) is 0 Å². The summed E-state index contributed by atoms with van der Waals surface area (Å²) in [5, 5.41) is 2.95. The van der Waals surface area contributed by atoms with E-state index in [1.807, 2.05) is 37.3 Å². The third-order valence-corrected chi connectivity index (χ3v) is 3.49. The number of para-hydroxylation sites is 1. The molecule has 0 aliphatic heterocycles. The number of furan rings is 1. The first-order chi connectivity index (χ1) is 10.9. The van der Waals surface area contributed by atoms with Gasteiger partial charge in [-0.15, -0.1) is 0 Å². The van der Waals surface area contributed by atoms with E-state index < -0.39 is 5.54 Å². The summed E-state index contributed by atoms with van der Waals surface area (Å²) in [5.41, 5.74) is 5.36. The van der Waals surface area contributed by atoms with Crippen molar-refractivity contribution in [3.05, 3.63) is 48.2 Å². The second-order valence-electron chi connectivity index (χ2n) is 6.35. The highest BCUT2D eigenvalue weighted by molar-refractivity contribution is 5.92. The molecule has 0 spiro atoms. The largest absolute Gasteiger partial charge is 0.426 e. The lowest BCUT2D eigenvalue weighted by atomic mass is 9.90. The summed E-state index contributed by atoms with van der Waals surface area (Å²) in [7, 11) is 0. The third-order valence-electron chi connectivity index (χ3n) is 3.49. The van der Waals surface area contributed by atoms with Crippen LogP contribution in [0.15, 0.2) is 46.9 Å². The molecule has 0 aliphatic carbocycles. The van der Waals surface area contributed by atoms with E-state index in [4.69, 9.17) is 14.9 Å². The Balaban J connectivity index is 2.03. The molecule has 1 aromatic heterocycles. The predicted octanol–water partition coefficient (Wildman–Crippen LogP) is 3.57. The van der Waals surface area contributed by atoms with E-state index in [0.29, 0.717) is 18.2 Å². The molecule has 0 aliphatic rings. The molecule has 1 amide bonds. The molecule has 1 atom stereocenters. The van der Waals surface area contributed by atoms with E-state index in [1.165, 1.54) is 0 Å². The van der Waals surface area contributed by atoms with Gasteiger partial charge in [-0.2, -0.15) is 0 Å². The minimum absolute atomic E-state index is 0.208. The molecule has 1 unspecified atom stereocenters. The number of amides is 1. The van der Waals surface area contributed by atoms with Crippen molar-refractivity contribution < 1.29 is 13.9 Å². The molecule has 124 valence electrons.